The lowest BCUT2D eigenvalue weighted by molar-refractivity contribution is 0.384. The van der Waals surface area contributed by atoms with Gasteiger partial charge in [0.1, 0.15) is 13.4 Å². The SMILES string of the molecule is C1=C[CH+]C(=C(c2ccccc2)c2ccccc2)C=C1.[3H]P.[B]c1c(F)c(F)c(F)c(F)c1F.c1ccc(-c2cc3c4cc(-c5ccccc5)c(-c5ccccc5)cc4c4cc(-c5ccccc5)c(-c5ccccc5)cc4c3cc2-c2ccccc2)cc1. The van der Waals surface area contributed by atoms with Crippen molar-refractivity contribution in [1.82, 2.24) is 0 Å². The zero-order valence-electron chi connectivity index (χ0n) is 47.5. The molecule has 1 unspecified atom stereocenters. The van der Waals surface area contributed by atoms with Crippen LogP contribution >= 0.6 is 9.84 Å². The Morgan fingerprint density at radius 2 is 0.523 bits per heavy atom. The zero-order valence-corrected chi connectivity index (χ0v) is 47.6. The van der Waals surface area contributed by atoms with E-state index in [1.54, 1.807) is 9.84 Å². The van der Waals surface area contributed by atoms with Crippen LogP contribution in [0.1, 0.15) is 11.1 Å². The van der Waals surface area contributed by atoms with Crippen LogP contribution < -0.4 is 5.46 Å². The summed E-state index contributed by atoms with van der Waals surface area (Å²) in [6.45, 7) is 0. The first-order chi connectivity index (χ1) is 42.7. The number of halogens is 5. The Morgan fingerprint density at radius 1 is 0.302 bits per heavy atom. The molecule has 1 aliphatic rings. The predicted molar refractivity (Wildman–Crippen MR) is 356 cm³/mol. The van der Waals surface area contributed by atoms with Gasteiger partial charge in [-0.15, -0.1) is 0 Å². The minimum Gasteiger partial charge on any atom is -0.204 e. The molecule has 0 N–H and O–H groups in total. The topological polar surface area (TPSA) is 0 Å². The molecule has 0 saturated carbocycles. The maximum atomic E-state index is 12.3. The van der Waals surface area contributed by atoms with E-state index in [9.17, 15) is 22.0 Å². The van der Waals surface area contributed by atoms with Crippen molar-refractivity contribution in [3.05, 3.63) is 356 Å². The minimum absolute atomic E-state index is 1.21. The summed E-state index contributed by atoms with van der Waals surface area (Å²) in [6, 6.07) is 101. The van der Waals surface area contributed by atoms with Crippen LogP contribution in [0.2, 0.25) is 0 Å². The summed E-state index contributed by atoms with van der Waals surface area (Å²) >= 11 is 0. The van der Waals surface area contributed by atoms with Gasteiger partial charge in [0, 0.05) is 41.9 Å². The van der Waals surface area contributed by atoms with E-state index < -0.39 is 34.5 Å². The number of allylic oxidation sites excluding steroid dienone is 5. The van der Waals surface area contributed by atoms with Gasteiger partial charge in [-0.05, 0) is 165 Å². The van der Waals surface area contributed by atoms with Gasteiger partial charge in [0.25, 0.3) is 0 Å². The molecule has 86 heavy (non-hydrogen) atoms. The molecule has 14 rings (SSSR count). The molecule has 0 saturated heterocycles. The van der Waals surface area contributed by atoms with Crippen molar-refractivity contribution in [2.45, 2.75) is 0 Å². The second kappa shape index (κ2) is 26.2. The van der Waals surface area contributed by atoms with Crippen molar-refractivity contribution in [1.29, 1.82) is 1.28 Å². The molecular weight excluding hydrogens is 1090 g/mol. The molecule has 2 radical (unpaired) electrons. The van der Waals surface area contributed by atoms with Crippen LogP contribution in [0.15, 0.2) is 309 Å². The molecule has 0 fully saturated rings. The van der Waals surface area contributed by atoms with Gasteiger partial charge in [-0.2, -0.15) is 9.84 Å². The first kappa shape index (κ1) is 56.4. The second-order valence-electron chi connectivity index (χ2n) is 20.5. The van der Waals surface area contributed by atoms with E-state index in [0.29, 0.717) is 0 Å². The van der Waals surface area contributed by atoms with Crippen LogP contribution in [0.5, 0.6) is 0 Å². The molecule has 0 aromatic heterocycles. The number of hydrogen-bond donors (Lipinski definition) is 0. The smallest absolute Gasteiger partial charge is 0.200 e. The summed E-state index contributed by atoms with van der Waals surface area (Å²) in [5.41, 5.74) is 18.3. The van der Waals surface area contributed by atoms with Gasteiger partial charge in [0.15, 0.2) is 29.1 Å². The Bertz CT molecular complexity index is 3920. The lowest BCUT2D eigenvalue weighted by Crippen LogP contribution is -2.20. The molecule has 412 valence electrons. The molecule has 1 aliphatic carbocycles. The third kappa shape index (κ3) is 11.9. The van der Waals surface area contributed by atoms with E-state index >= 15 is 0 Å². The predicted octanol–water partition coefficient (Wildman–Crippen LogP) is 21.2. The first-order valence-electron chi connectivity index (χ1n) is 28.5. The van der Waals surface area contributed by atoms with Crippen molar-refractivity contribution < 1.29 is 22.0 Å². The third-order valence-electron chi connectivity index (χ3n) is 15.3. The highest BCUT2D eigenvalue weighted by atomic mass is 31.0. The van der Waals surface area contributed by atoms with Gasteiger partial charge < -0.3 is 0 Å². The Kier molecular flexibility index (Phi) is 17.2. The van der Waals surface area contributed by atoms with Gasteiger partial charge in [-0.3, -0.25) is 0 Å². The van der Waals surface area contributed by atoms with Crippen molar-refractivity contribution in [2.24, 2.45) is 0 Å². The Hall–Kier alpha value is -10.1. The van der Waals surface area contributed by atoms with Crippen LogP contribution in [-0.4, -0.2) is 9.12 Å². The Balaban J connectivity index is 0.000000193. The van der Waals surface area contributed by atoms with Crippen molar-refractivity contribution in [3.8, 4) is 66.8 Å². The zero-order chi connectivity index (χ0) is 60.2. The minimum atomic E-state index is -2.21. The fourth-order valence-electron chi connectivity index (χ4n) is 11.2. The van der Waals surface area contributed by atoms with Crippen molar-refractivity contribution in [2.75, 3.05) is 0 Å². The van der Waals surface area contributed by atoms with E-state index in [1.165, 1.54) is 121 Å². The van der Waals surface area contributed by atoms with Gasteiger partial charge in [-0.25, -0.2) is 22.0 Å². The molecule has 0 spiro atoms. The van der Waals surface area contributed by atoms with E-state index in [4.69, 9.17) is 1.28 Å². The third-order valence-corrected chi connectivity index (χ3v) is 15.3. The molecule has 0 bridgehead atoms. The first-order valence-corrected chi connectivity index (χ1v) is 27.9. The average Bonchev–Trinajstić information content (AvgIpc) is 0.859. The molecule has 0 heterocycles. The van der Waals surface area contributed by atoms with Crippen molar-refractivity contribution in [3.63, 3.8) is 0 Å². The maximum absolute atomic E-state index is 12.3. The molecule has 7 heteroatoms. The highest BCUT2D eigenvalue weighted by Gasteiger charge is 2.24. The van der Waals surface area contributed by atoms with E-state index in [2.05, 4.69) is 318 Å². The van der Waals surface area contributed by atoms with Gasteiger partial charge in [-0.1, -0.05) is 218 Å². The fraction of sp³-hybridized carbons (Fsp3) is 0. The second-order valence-corrected chi connectivity index (χ2v) is 20.5. The lowest BCUT2D eigenvalue weighted by atomic mass is 9.82. The molecule has 0 nitrogen and oxygen atoms in total. The van der Waals surface area contributed by atoms with Crippen molar-refractivity contribution >= 4 is 61.0 Å². The number of fused-ring (bicyclic) bond motifs is 6. The highest BCUT2D eigenvalue weighted by molar-refractivity contribution is 6.92. The van der Waals surface area contributed by atoms with Gasteiger partial charge in [0.2, 0.25) is 0 Å². The van der Waals surface area contributed by atoms with Crippen LogP contribution in [0.3, 0.4) is 0 Å². The number of benzene rings is 13. The summed E-state index contributed by atoms with van der Waals surface area (Å²) in [7, 11) is 6.22. The highest BCUT2D eigenvalue weighted by Crippen LogP contribution is 2.48. The standard InChI is InChI=1S/C54H36.C19H15.C6BF5.H3P/c1-7-19-37(20-8-1)43-31-49-50(32-44(43)38-21-9-2-10-22-38)52-34-46(40-25-13-4-14-26-40)48(42-29-17-6-18-30-42)36-54(52)53-35-47(41-27-15-5-16-28-41)45(33-51(49)53)39-23-11-3-12-24-39;1-4-10-16(11-5-1)19(17-12-6-2-7-13-17)18-14-8-3-9-15-18;7-1-2(8)4(10)6(12)5(11)3(1)9;/h1-36H;1-15H;;1H3/q;+1;;/i;;;1T. The quantitative estimate of drug-likeness (QED) is 0.0271. The number of hydrogen-bond acceptors (Lipinski definition) is 0. The summed E-state index contributed by atoms with van der Waals surface area (Å²) < 4.78 is 66.8. The average molecular weight is 1140 g/mol. The lowest BCUT2D eigenvalue weighted by Gasteiger charge is -2.21. The van der Waals surface area contributed by atoms with E-state index in [1.807, 2.05) is 0 Å². The Morgan fingerprint density at radius 3 is 0.744 bits per heavy atom. The number of rotatable bonds is 8. The molecular formula is C79H54BF5P+. The Labute approximate surface area is 503 Å². The summed E-state index contributed by atoms with van der Waals surface area (Å²) in [5.74, 6) is -10.3. The fourth-order valence-corrected chi connectivity index (χ4v) is 11.2. The monoisotopic (exact) mass is 1140 g/mol. The molecule has 1 atom stereocenters. The molecule has 13 aromatic carbocycles. The van der Waals surface area contributed by atoms with Crippen LogP contribution in [0, 0.1) is 35.5 Å². The summed E-state index contributed by atoms with van der Waals surface area (Å²) in [5, 5.41) is 7.50. The summed E-state index contributed by atoms with van der Waals surface area (Å²) in [4.78, 5) is 0. The van der Waals surface area contributed by atoms with Gasteiger partial charge in [0.05, 0.1) is 6.85 Å². The molecule has 0 aliphatic heterocycles. The molecule has 13 aromatic rings. The van der Waals surface area contributed by atoms with E-state index in [-0.39, 0.29) is 0 Å². The van der Waals surface area contributed by atoms with Gasteiger partial charge >= 0.3 is 0 Å². The van der Waals surface area contributed by atoms with Crippen LogP contribution in [0.25, 0.3) is 105 Å². The largest absolute Gasteiger partial charge is 0.204 e. The normalized spacial score (nSPS) is 11.6. The molecule has 0 amide bonds. The summed E-state index contributed by atoms with van der Waals surface area (Å²) in [6.07, 6.45) is 10.5. The van der Waals surface area contributed by atoms with Crippen LogP contribution in [0.4, 0.5) is 22.0 Å². The maximum Gasteiger partial charge on any atom is 0.200 e. The van der Waals surface area contributed by atoms with E-state index in [0.717, 1.165) is 0 Å². The van der Waals surface area contributed by atoms with Crippen LogP contribution in [-0.2, 0) is 0 Å².